The fourth-order valence-electron chi connectivity index (χ4n) is 4.33. The number of benzene rings is 1. The number of hydrogen-bond donors (Lipinski definition) is 2. The molecule has 2 N–H and O–H groups in total. The van der Waals surface area contributed by atoms with Crippen molar-refractivity contribution in [3.8, 4) is 11.5 Å². The highest BCUT2D eigenvalue weighted by atomic mass is 19.1. The molecule has 4 rings (SSSR count). The molecule has 2 aromatic rings. The molecule has 0 saturated heterocycles. The third-order valence-corrected chi connectivity index (χ3v) is 6.44. The Balaban J connectivity index is 1.51. The highest BCUT2D eigenvalue weighted by Crippen LogP contribution is 2.41. The van der Waals surface area contributed by atoms with Crippen LogP contribution in [0.3, 0.4) is 0 Å². The number of nitrogens with zero attached hydrogens (tertiary/aromatic N) is 5. The maximum absolute atomic E-state index is 14.9. The van der Waals surface area contributed by atoms with Crippen molar-refractivity contribution >= 4 is 23.5 Å². The van der Waals surface area contributed by atoms with Gasteiger partial charge in [-0.15, -0.1) is 0 Å². The van der Waals surface area contributed by atoms with Gasteiger partial charge in [-0.25, -0.2) is 14.2 Å². The number of halogens is 1. The summed E-state index contributed by atoms with van der Waals surface area (Å²) in [5.41, 5.74) is 0.703. The van der Waals surface area contributed by atoms with E-state index in [-0.39, 0.29) is 24.3 Å². The van der Waals surface area contributed by atoms with Gasteiger partial charge in [-0.3, -0.25) is 9.80 Å². The molecule has 0 atom stereocenters. The standard InChI is InChI=1S/C25H35FN6O3/c1-4-30(5-2)12-8-7-11-27-24-28-15-17-16-31(25(34)32(18-9-10-18)23(17)29-24)20-13-19(35-6-3)14-21(33)22(20)26/h13-15,18,33H,4-12,16H2,1-3H3,(H,27,28,29). The predicted molar refractivity (Wildman–Crippen MR) is 134 cm³/mol. The van der Waals surface area contributed by atoms with E-state index in [2.05, 4.69) is 34.0 Å². The monoisotopic (exact) mass is 486 g/mol. The van der Waals surface area contributed by atoms with Gasteiger partial charge in [0.25, 0.3) is 0 Å². The van der Waals surface area contributed by atoms with Crippen LogP contribution in [0.2, 0.25) is 0 Å². The Kier molecular flexibility index (Phi) is 7.90. The molecule has 0 radical (unpaired) electrons. The normalized spacial score (nSPS) is 15.5. The van der Waals surface area contributed by atoms with Gasteiger partial charge >= 0.3 is 6.03 Å². The first-order valence-electron chi connectivity index (χ1n) is 12.5. The van der Waals surface area contributed by atoms with E-state index in [0.717, 1.165) is 57.4 Å². The molecule has 9 nitrogen and oxygen atoms in total. The van der Waals surface area contributed by atoms with Gasteiger partial charge in [0.15, 0.2) is 11.6 Å². The molecule has 35 heavy (non-hydrogen) atoms. The molecule has 0 bridgehead atoms. The molecule has 1 aromatic heterocycles. The molecule has 2 amide bonds. The van der Waals surface area contributed by atoms with Gasteiger partial charge in [-0.1, -0.05) is 13.8 Å². The van der Waals surface area contributed by atoms with Gasteiger partial charge in [-0.05, 0) is 52.2 Å². The Labute approximate surface area is 205 Å². The topological polar surface area (TPSA) is 94.1 Å². The van der Waals surface area contributed by atoms with E-state index in [4.69, 9.17) is 4.74 Å². The van der Waals surface area contributed by atoms with Crippen molar-refractivity contribution in [3.63, 3.8) is 0 Å². The zero-order chi connectivity index (χ0) is 24.9. The zero-order valence-corrected chi connectivity index (χ0v) is 20.8. The number of ether oxygens (including phenoxy) is 1. The number of aromatic hydroxyl groups is 1. The van der Waals surface area contributed by atoms with Gasteiger partial charge < -0.3 is 20.1 Å². The Hall–Kier alpha value is -3.14. The van der Waals surface area contributed by atoms with Crippen LogP contribution in [0.15, 0.2) is 18.3 Å². The molecule has 0 spiro atoms. The lowest BCUT2D eigenvalue weighted by molar-refractivity contribution is 0.249. The van der Waals surface area contributed by atoms with Gasteiger partial charge in [0.05, 0.1) is 18.8 Å². The number of unbranched alkanes of at least 4 members (excludes halogenated alkanes) is 1. The molecule has 190 valence electrons. The lowest BCUT2D eigenvalue weighted by atomic mass is 10.1. The number of anilines is 3. The summed E-state index contributed by atoms with van der Waals surface area (Å²) in [6, 6.07) is 2.32. The predicted octanol–water partition coefficient (Wildman–Crippen LogP) is 4.36. The maximum Gasteiger partial charge on any atom is 0.330 e. The third kappa shape index (κ3) is 5.58. The molecule has 1 fully saturated rings. The Morgan fingerprint density at radius 3 is 2.69 bits per heavy atom. The summed E-state index contributed by atoms with van der Waals surface area (Å²) in [6.07, 6.45) is 5.50. The summed E-state index contributed by atoms with van der Waals surface area (Å²) >= 11 is 0. The number of carbonyl (C=O) groups is 1. The fraction of sp³-hybridized carbons (Fsp3) is 0.560. The largest absolute Gasteiger partial charge is 0.505 e. The highest BCUT2D eigenvalue weighted by Gasteiger charge is 2.42. The van der Waals surface area contributed by atoms with Crippen LogP contribution in [-0.2, 0) is 6.54 Å². The average Bonchev–Trinajstić information content (AvgIpc) is 3.68. The molecule has 1 aliphatic heterocycles. The van der Waals surface area contributed by atoms with Crippen LogP contribution in [-0.4, -0.2) is 64.8 Å². The van der Waals surface area contributed by atoms with Gasteiger partial charge in [-0.2, -0.15) is 4.98 Å². The molecule has 2 aliphatic rings. The van der Waals surface area contributed by atoms with Crippen molar-refractivity contribution in [2.45, 2.75) is 59.0 Å². The zero-order valence-electron chi connectivity index (χ0n) is 20.8. The SMILES string of the molecule is CCOc1cc(O)c(F)c(N2Cc3cnc(NCCCCN(CC)CC)nc3N(C3CC3)C2=O)c1. The van der Waals surface area contributed by atoms with Crippen LogP contribution >= 0.6 is 0 Å². The van der Waals surface area contributed by atoms with Crippen molar-refractivity contribution in [1.82, 2.24) is 14.9 Å². The molecule has 1 aromatic carbocycles. The number of aromatic nitrogens is 2. The summed E-state index contributed by atoms with van der Waals surface area (Å²) in [5, 5.41) is 13.4. The smallest absolute Gasteiger partial charge is 0.330 e. The Bertz CT molecular complexity index is 1040. The van der Waals surface area contributed by atoms with E-state index >= 15 is 0 Å². The van der Waals surface area contributed by atoms with Crippen LogP contribution in [0.25, 0.3) is 0 Å². The first-order chi connectivity index (χ1) is 17.0. The second-order valence-electron chi connectivity index (χ2n) is 8.88. The minimum Gasteiger partial charge on any atom is -0.505 e. The summed E-state index contributed by atoms with van der Waals surface area (Å²) in [5.74, 6) is -0.0559. The quantitative estimate of drug-likeness (QED) is 0.431. The van der Waals surface area contributed by atoms with E-state index < -0.39 is 11.6 Å². The second kappa shape index (κ2) is 11.1. The van der Waals surface area contributed by atoms with Crippen molar-refractivity contribution < 1.29 is 19.0 Å². The van der Waals surface area contributed by atoms with E-state index in [0.29, 0.717) is 24.1 Å². The second-order valence-corrected chi connectivity index (χ2v) is 8.88. The van der Waals surface area contributed by atoms with E-state index in [1.165, 1.54) is 17.0 Å². The van der Waals surface area contributed by atoms with Crippen LogP contribution in [0.4, 0.5) is 26.6 Å². The first kappa shape index (κ1) is 25.0. The molecule has 0 unspecified atom stereocenters. The van der Waals surface area contributed by atoms with Gasteiger partial charge in [0, 0.05) is 36.5 Å². The average molecular weight is 487 g/mol. The number of amides is 2. The van der Waals surface area contributed by atoms with Crippen LogP contribution < -0.4 is 19.9 Å². The Morgan fingerprint density at radius 2 is 2.00 bits per heavy atom. The van der Waals surface area contributed by atoms with Gasteiger partial charge in [0.1, 0.15) is 11.6 Å². The van der Waals surface area contributed by atoms with Crippen LogP contribution in [0.5, 0.6) is 11.5 Å². The van der Waals surface area contributed by atoms with Crippen molar-refractivity contribution in [3.05, 3.63) is 29.7 Å². The number of carbonyl (C=O) groups excluding carboxylic acids is 1. The maximum atomic E-state index is 14.9. The molecule has 1 aliphatic carbocycles. The van der Waals surface area contributed by atoms with E-state index in [9.17, 15) is 14.3 Å². The van der Waals surface area contributed by atoms with Crippen LogP contribution in [0.1, 0.15) is 52.0 Å². The lowest BCUT2D eigenvalue weighted by Crippen LogP contribution is -2.49. The molecule has 10 heteroatoms. The molecule has 2 heterocycles. The van der Waals surface area contributed by atoms with Crippen molar-refractivity contribution in [2.75, 3.05) is 47.9 Å². The Morgan fingerprint density at radius 1 is 1.23 bits per heavy atom. The summed E-state index contributed by atoms with van der Waals surface area (Å²) in [6.45, 7) is 10.5. The lowest BCUT2D eigenvalue weighted by Gasteiger charge is -2.36. The summed E-state index contributed by atoms with van der Waals surface area (Å²) in [4.78, 5) is 28.0. The molecular formula is C25H35FN6O3. The van der Waals surface area contributed by atoms with Crippen LogP contribution in [0, 0.1) is 5.82 Å². The number of nitrogens with one attached hydrogen (secondary N) is 1. The number of phenolic OH excluding ortho intramolecular Hbond substituents is 1. The molecule has 1 saturated carbocycles. The number of hydrogen-bond acceptors (Lipinski definition) is 7. The minimum absolute atomic E-state index is 0.0209. The summed E-state index contributed by atoms with van der Waals surface area (Å²) < 4.78 is 20.3. The third-order valence-electron chi connectivity index (χ3n) is 6.44. The first-order valence-corrected chi connectivity index (χ1v) is 12.5. The minimum atomic E-state index is -0.857. The van der Waals surface area contributed by atoms with Gasteiger partial charge in [0.2, 0.25) is 5.95 Å². The highest BCUT2D eigenvalue weighted by molar-refractivity contribution is 6.06. The number of rotatable bonds is 12. The number of phenols is 1. The van der Waals surface area contributed by atoms with E-state index in [1.54, 1.807) is 18.0 Å². The summed E-state index contributed by atoms with van der Waals surface area (Å²) in [7, 11) is 0. The molecular weight excluding hydrogens is 451 g/mol. The number of fused-ring (bicyclic) bond motifs is 1. The van der Waals surface area contributed by atoms with E-state index in [1.807, 2.05) is 0 Å². The van der Waals surface area contributed by atoms with Crippen molar-refractivity contribution in [1.29, 1.82) is 0 Å². The number of urea groups is 1. The van der Waals surface area contributed by atoms with Crippen molar-refractivity contribution in [2.24, 2.45) is 0 Å². The fourth-order valence-corrected chi connectivity index (χ4v) is 4.33.